The Balaban J connectivity index is 2.48. The minimum absolute atomic E-state index is 0.0278. The number of alkyl halides is 1. The molecule has 8 heteroatoms. The summed E-state index contributed by atoms with van der Waals surface area (Å²) in [5, 5.41) is 0.321. The summed E-state index contributed by atoms with van der Waals surface area (Å²) in [6.45, 7) is 0. The lowest BCUT2D eigenvalue weighted by atomic mass is 10.3. The monoisotopic (exact) mass is 310 g/mol. The molecule has 1 aromatic carbocycles. The Morgan fingerprint density at radius 3 is 2.88 bits per heavy atom. The van der Waals surface area contributed by atoms with Crippen molar-refractivity contribution in [3.63, 3.8) is 0 Å². The Bertz CT molecular complexity index is 639. The first-order chi connectivity index (χ1) is 8.03. The quantitative estimate of drug-likeness (QED) is 0.883. The molecule has 0 spiro atoms. The third-order valence-electron chi connectivity index (χ3n) is 2.05. The fraction of sp³-hybridized carbons (Fsp3) is 0.222. The van der Waals surface area contributed by atoms with Crippen LogP contribution in [0, 0.1) is 0 Å². The molecule has 17 heavy (non-hydrogen) atoms. The third-order valence-corrected chi connectivity index (χ3v) is 4.83. The molecule has 1 heterocycles. The second-order valence-corrected chi connectivity index (χ2v) is 6.74. The number of anilines is 1. The van der Waals surface area contributed by atoms with Gasteiger partial charge in [0.2, 0.25) is 10.0 Å². The molecule has 0 radical (unpaired) electrons. The average Bonchev–Trinajstić information content (AvgIpc) is 2.70. The highest BCUT2D eigenvalue weighted by Crippen LogP contribution is 2.32. The van der Waals surface area contributed by atoms with E-state index in [0.717, 1.165) is 4.70 Å². The Labute approximate surface area is 113 Å². The van der Waals surface area contributed by atoms with Crippen LogP contribution < -0.4 is 4.72 Å². The van der Waals surface area contributed by atoms with Gasteiger partial charge in [0.05, 0.1) is 26.7 Å². The van der Waals surface area contributed by atoms with Gasteiger partial charge in [-0.05, 0) is 12.1 Å². The number of nitrogens with zero attached hydrogens (tertiary/aromatic N) is 1. The number of benzene rings is 1. The van der Waals surface area contributed by atoms with Crippen molar-refractivity contribution in [1.82, 2.24) is 4.98 Å². The van der Waals surface area contributed by atoms with E-state index in [0.29, 0.717) is 16.2 Å². The summed E-state index contributed by atoms with van der Waals surface area (Å²) >= 11 is 12.8. The van der Waals surface area contributed by atoms with Crippen LogP contribution in [0.15, 0.2) is 17.6 Å². The molecule has 1 N–H and O–H groups in total. The number of halogens is 2. The first kappa shape index (κ1) is 12.9. The van der Waals surface area contributed by atoms with E-state index in [1.165, 1.54) is 11.3 Å². The molecular weight excluding hydrogens is 303 g/mol. The maximum absolute atomic E-state index is 11.6. The van der Waals surface area contributed by atoms with Crippen LogP contribution in [0.1, 0.15) is 0 Å². The normalized spacial score (nSPS) is 11.9. The van der Waals surface area contributed by atoms with Gasteiger partial charge in [0, 0.05) is 5.88 Å². The van der Waals surface area contributed by atoms with Crippen molar-refractivity contribution in [2.75, 3.05) is 16.4 Å². The first-order valence-corrected chi connectivity index (χ1v) is 8.06. The Morgan fingerprint density at radius 2 is 2.18 bits per heavy atom. The second-order valence-electron chi connectivity index (χ2n) is 3.23. The van der Waals surface area contributed by atoms with E-state index in [-0.39, 0.29) is 11.6 Å². The predicted molar refractivity (Wildman–Crippen MR) is 72.8 cm³/mol. The molecule has 92 valence electrons. The van der Waals surface area contributed by atoms with Crippen LogP contribution in [-0.2, 0) is 10.0 Å². The second kappa shape index (κ2) is 4.97. The molecule has 2 aromatic rings. The van der Waals surface area contributed by atoms with E-state index in [9.17, 15) is 8.42 Å². The van der Waals surface area contributed by atoms with Crippen LogP contribution in [0.3, 0.4) is 0 Å². The van der Waals surface area contributed by atoms with Crippen LogP contribution >= 0.6 is 34.5 Å². The number of thiazole rings is 1. The maximum Gasteiger partial charge on any atom is 0.234 e. The van der Waals surface area contributed by atoms with Crippen LogP contribution in [0.4, 0.5) is 5.69 Å². The van der Waals surface area contributed by atoms with Crippen molar-refractivity contribution >= 4 is 60.5 Å². The molecule has 0 aliphatic rings. The molecule has 0 amide bonds. The molecule has 0 bridgehead atoms. The number of nitrogens with one attached hydrogen (secondary N) is 1. The lowest BCUT2D eigenvalue weighted by molar-refractivity contribution is 0.602. The molecule has 0 atom stereocenters. The third kappa shape index (κ3) is 2.82. The van der Waals surface area contributed by atoms with Gasteiger partial charge in [-0.1, -0.05) is 11.6 Å². The summed E-state index contributed by atoms with van der Waals surface area (Å²) in [5.74, 6) is -0.134. The van der Waals surface area contributed by atoms with E-state index in [4.69, 9.17) is 23.2 Å². The molecule has 2 rings (SSSR count). The van der Waals surface area contributed by atoms with Crippen LogP contribution in [0.2, 0.25) is 5.02 Å². The van der Waals surface area contributed by atoms with Crippen molar-refractivity contribution in [3.05, 3.63) is 22.7 Å². The van der Waals surface area contributed by atoms with E-state index in [1.54, 1.807) is 17.6 Å². The maximum atomic E-state index is 11.6. The minimum Gasteiger partial charge on any atom is -0.280 e. The van der Waals surface area contributed by atoms with Crippen LogP contribution in [0.5, 0.6) is 0 Å². The largest absolute Gasteiger partial charge is 0.280 e. The Morgan fingerprint density at radius 1 is 1.41 bits per heavy atom. The molecule has 0 fully saturated rings. The highest BCUT2D eigenvalue weighted by Gasteiger charge is 2.15. The highest BCUT2D eigenvalue weighted by molar-refractivity contribution is 7.92. The van der Waals surface area contributed by atoms with E-state index in [2.05, 4.69) is 9.71 Å². The zero-order chi connectivity index (χ0) is 12.5. The fourth-order valence-corrected chi connectivity index (χ4v) is 3.68. The molecular formula is C9H8Cl2N2O2S2. The smallest absolute Gasteiger partial charge is 0.234 e. The topological polar surface area (TPSA) is 59.1 Å². The summed E-state index contributed by atoms with van der Waals surface area (Å²) < 4.78 is 26.6. The summed E-state index contributed by atoms with van der Waals surface area (Å²) in [4.78, 5) is 4.10. The average molecular weight is 311 g/mol. The van der Waals surface area contributed by atoms with Crippen molar-refractivity contribution in [3.8, 4) is 0 Å². The molecule has 0 aliphatic heterocycles. The van der Waals surface area contributed by atoms with Gasteiger partial charge in [-0.15, -0.1) is 22.9 Å². The van der Waals surface area contributed by atoms with Gasteiger partial charge in [0.25, 0.3) is 0 Å². The molecule has 0 saturated heterocycles. The lowest BCUT2D eigenvalue weighted by Gasteiger charge is -2.08. The van der Waals surface area contributed by atoms with Gasteiger partial charge >= 0.3 is 0 Å². The van der Waals surface area contributed by atoms with Crippen molar-refractivity contribution < 1.29 is 8.42 Å². The van der Waals surface area contributed by atoms with Gasteiger partial charge in [0.15, 0.2) is 0 Å². The minimum atomic E-state index is -3.48. The van der Waals surface area contributed by atoms with Gasteiger partial charge in [-0.25, -0.2) is 13.4 Å². The molecule has 0 saturated carbocycles. The number of fused-ring (bicyclic) bond motifs is 1. The van der Waals surface area contributed by atoms with Crippen LogP contribution in [0.25, 0.3) is 10.2 Å². The molecule has 0 aliphatic carbocycles. The number of rotatable bonds is 4. The standard InChI is InChI=1S/C9H8Cl2N2O2S2/c10-3-4-17(14,15)13-8-6(11)1-2-7-9(8)12-5-16-7/h1-2,5,13H,3-4H2. The Kier molecular flexibility index (Phi) is 3.77. The molecule has 4 nitrogen and oxygen atoms in total. The van der Waals surface area contributed by atoms with Gasteiger partial charge < -0.3 is 0 Å². The molecule has 1 aromatic heterocycles. The van der Waals surface area contributed by atoms with Crippen LogP contribution in [-0.4, -0.2) is 25.0 Å². The van der Waals surface area contributed by atoms with E-state index < -0.39 is 10.0 Å². The zero-order valence-corrected chi connectivity index (χ0v) is 11.6. The number of aromatic nitrogens is 1. The Hall–Kier alpha value is -0.560. The first-order valence-electron chi connectivity index (χ1n) is 4.61. The number of hydrogen-bond donors (Lipinski definition) is 1. The fourth-order valence-electron chi connectivity index (χ4n) is 1.31. The predicted octanol–water partition coefficient (Wildman–Crippen LogP) is 2.93. The van der Waals surface area contributed by atoms with Gasteiger partial charge in [-0.2, -0.15) is 0 Å². The summed E-state index contributed by atoms with van der Waals surface area (Å²) in [6, 6.07) is 3.44. The summed E-state index contributed by atoms with van der Waals surface area (Å²) in [6.07, 6.45) is 0. The van der Waals surface area contributed by atoms with Crippen molar-refractivity contribution in [2.45, 2.75) is 0 Å². The summed E-state index contributed by atoms with van der Waals surface area (Å²) in [5.41, 5.74) is 2.51. The van der Waals surface area contributed by atoms with Gasteiger partial charge in [-0.3, -0.25) is 4.72 Å². The molecule has 0 unspecified atom stereocenters. The summed E-state index contributed by atoms with van der Waals surface area (Å²) in [7, 11) is -3.48. The zero-order valence-electron chi connectivity index (χ0n) is 8.48. The number of hydrogen-bond acceptors (Lipinski definition) is 4. The van der Waals surface area contributed by atoms with Crippen molar-refractivity contribution in [1.29, 1.82) is 0 Å². The lowest BCUT2D eigenvalue weighted by Crippen LogP contribution is -2.18. The van der Waals surface area contributed by atoms with E-state index in [1.807, 2.05) is 0 Å². The SMILES string of the molecule is O=S(=O)(CCCl)Nc1c(Cl)ccc2scnc12. The van der Waals surface area contributed by atoms with E-state index >= 15 is 0 Å². The number of sulfonamides is 1. The van der Waals surface area contributed by atoms with Crippen molar-refractivity contribution in [2.24, 2.45) is 0 Å². The highest BCUT2D eigenvalue weighted by atomic mass is 35.5. The van der Waals surface area contributed by atoms with Gasteiger partial charge in [0.1, 0.15) is 5.52 Å².